The molecular formula is C14H8Cl3FO. The lowest BCUT2D eigenvalue weighted by Gasteiger charge is -2.07. The van der Waals surface area contributed by atoms with Crippen molar-refractivity contribution in [2.24, 2.45) is 0 Å². The summed E-state index contributed by atoms with van der Waals surface area (Å²) in [5, 5.41) is 0.481. The first-order chi connectivity index (χ1) is 9.00. The van der Waals surface area contributed by atoms with Crippen LogP contribution in [0, 0.1) is 5.82 Å². The summed E-state index contributed by atoms with van der Waals surface area (Å²) in [5.74, 6) is -0.861. The van der Waals surface area contributed by atoms with Gasteiger partial charge >= 0.3 is 0 Å². The van der Waals surface area contributed by atoms with E-state index in [0.29, 0.717) is 5.56 Å². The van der Waals surface area contributed by atoms with Crippen LogP contribution in [0.3, 0.4) is 0 Å². The fourth-order valence-electron chi connectivity index (χ4n) is 1.71. The molecule has 0 unspecified atom stereocenters. The zero-order valence-corrected chi connectivity index (χ0v) is 11.9. The highest BCUT2D eigenvalue weighted by Gasteiger charge is 2.17. The third-order valence-electron chi connectivity index (χ3n) is 2.62. The highest BCUT2D eigenvalue weighted by atomic mass is 35.5. The molecule has 2 aromatic carbocycles. The molecule has 0 amide bonds. The van der Waals surface area contributed by atoms with E-state index >= 15 is 0 Å². The minimum absolute atomic E-state index is 0.0555. The van der Waals surface area contributed by atoms with Crippen molar-refractivity contribution in [3.8, 4) is 0 Å². The molecule has 0 saturated carbocycles. The second-order valence-corrected chi connectivity index (χ2v) is 5.10. The summed E-state index contributed by atoms with van der Waals surface area (Å²) < 4.78 is 13.3. The molecule has 0 aliphatic heterocycles. The van der Waals surface area contributed by atoms with Crippen molar-refractivity contribution < 1.29 is 9.18 Å². The number of carbonyl (C=O) groups excluding carboxylic acids is 1. The van der Waals surface area contributed by atoms with Gasteiger partial charge in [-0.2, -0.15) is 0 Å². The number of hydrogen-bond donors (Lipinski definition) is 0. The Kier molecular flexibility index (Phi) is 4.46. The van der Waals surface area contributed by atoms with Gasteiger partial charge in [0.05, 0.1) is 20.6 Å². The molecule has 0 spiro atoms. The highest BCUT2D eigenvalue weighted by molar-refractivity contribution is 6.40. The van der Waals surface area contributed by atoms with Gasteiger partial charge in [0.15, 0.2) is 5.78 Å². The molecule has 0 aliphatic rings. The SMILES string of the molecule is O=C(Cc1cccc(F)c1Cl)c1c(Cl)cccc1Cl. The Morgan fingerprint density at radius 1 is 1.00 bits per heavy atom. The molecule has 0 aromatic heterocycles. The molecule has 2 rings (SSSR count). The summed E-state index contributed by atoms with van der Waals surface area (Å²) in [6, 6.07) is 9.13. The fraction of sp³-hybridized carbons (Fsp3) is 0.0714. The van der Waals surface area contributed by atoms with Gasteiger partial charge in [-0.25, -0.2) is 4.39 Å². The van der Waals surface area contributed by atoms with Crippen LogP contribution in [0.1, 0.15) is 15.9 Å². The minimum atomic E-state index is -0.558. The Bertz CT molecular complexity index is 620. The van der Waals surface area contributed by atoms with Crippen LogP contribution >= 0.6 is 34.8 Å². The predicted octanol–water partition coefficient (Wildman–Crippen LogP) is 5.21. The molecule has 98 valence electrons. The quantitative estimate of drug-likeness (QED) is 0.710. The first kappa shape index (κ1) is 14.3. The van der Waals surface area contributed by atoms with Gasteiger partial charge < -0.3 is 0 Å². The van der Waals surface area contributed by atoms with E-state index in [4.69, 9.17) is 34.8 Å². The number of benzene rings is 2. The zero-order chi connectivity index (χ0) is 14.0. The average Bonchev–Trinajstić information content (AvgIpc) is 2.35. The second kappa shape index (κ2) is 5.91. The second-order valence-electron chi connectivity index (χ2n) is 3.91. The van der Waals surface area contributed by atoms with Crippen molar-refractivity contribution in [3.63, 3.8) is 0 Å². The molecule has 0 saturated heterocycles. The molecule has 5 heteroatoms. The van der Waals surface area contributed by atoms with Crippen molar-refractivity contribution >= 4 is 40.6 Å². The molecule has 0 bridgehead atoms. The lowest BCUT2D eigenvalue weighted by Crippen LogP contribution is -2.06. The van der Waals surface area contributed by atoms with E-state index in [1.54, 1.807) is 24.3 Å². The number of ketones is 1. The predicted molar refractivity (Wildman–Crippen MR) is 75.9 cm³/mol. The van der Waals surface area contributed by atoms with Gasteiger partial charge in [-0.1, -0.05) is 53.0 Å². The van der Waals surface area contributed by atoms with Crippen molar-refractivity contribution in [2.45, 2.75) is 6.42 Å². The largest absolute Gasteiger partial charge is 0.294 e. The number of carbonyl (C=O) groups is 1. The molecule has 0 fully saturated rings. The summed E-state index contributed by atoms with van der Waals surface area (Å²) in [7, 11) is 0. The van der Waals surface area contributed by atoms with Crippen LogP contribution in [0.15, 0.2) is 36.4 Å². The maximum atomic E-state index is 13.3. The normalized spacial score (nSPS) is 10.5. The van der Waals surface area contributed by atoms with Gasteiger partial charge in [-0.05, 0) is 23.8 Å². The molecule has 1 nitrogen and oxygen atoms in total. The van der Waals surface area contributed by atoms with E-state index in [1.807, 2.05) is 0 Å². The van der Waals surface area contributed by atoms with E-state index in [-0.39, 0.29) is 32.8 Å². The summed E-state index contributed by atoms with van der Waals surface area (Å²) in [4.78, 5) is 12.2. The van der Waals surface area contributed by atoms with E-state index in [9.17, 15) is 9.18 Å². The Morgan fingerprint density at radius 2 is 1.58 bits per heavy atom. The zero-order valence-electron chi connectivity index (χ0n) is 9.59. The monoisotopic (exact) mass is 316 g/mol. The third-order valence-corrected chi connectivity index (χ3v) is 3.68. The number of halogens is 4. The van der Waals surface area contributed by atoms with Gasteiger partial charge in [0, 0.05) is 6.42 Å². The fourth-order valence-corrected chi connectivity index (χ4v) is 2.51. The Hall–Kier alpha value is -1.09. The van der Waals surface area contributed by atoms with Crippen molar-refractivity contribution in [1.29, 1.82) is 0 Å². The summed E-state index contributed by atoms with van der Waals surface area (Å²) >= 11 is 17.7. The Morgan fingerprint density at radius 3 is 2.21 bits per heavy atom. The van der Waals surface area contributed by atoms with Crippen LogP contribution < -0.4 is 0 Å². The first-order valence-corrected chi connectivity index (χ1v) is 6.54. The molecule has 2 aromatic rings. The van der Waals surface area contributed by atoms with Gasteiger partial charge in [0.1, 0.15) is 5.82 Å². The Balaban J connectivity index is 2.34. The highest BCUT2D eigenvalue weighted by Crippen LogP contribution is 2.27. The molecular weight excluding hydrogens is 310 g/mol. The number of hydrogen-bond acceptors (Lipinski definition) is 1. The van der Waals surface area contributed by atoms with Gasteiger partial charge in [0.2, 0.25) is 0 Å². The standard InChI is InChI=1S/C14H8Cl3FO/c15-9-4-2-5-10(16)13(9)12(19)7-8-3-1-6-11(18)14(8)17/h1-6H,7H2. The van der Waals surface area contributed by atoms with Crippen LogP contribution in [0.4, 0.5) is 4.39 Å². The van der Waals surface area contributed by atoms with Gasteiger partial charge in [0.25, 0.3) is 0 Å². The Labute approximate surface area is 124 Å². The van der Waals surface area contributed by atoms with Gasteiger partial charge in [-0.15, -0.1) is 0 Å². The third kappa shape index (κ3) is 3.08. The maximum Gasteiger partial charge on any atom is 0.170 e. The van der Waals surface area contributed by atoms with E-state index in [1.165, 1.54) is 12.1 Å². The minimum Gasteiger partial charge on any atom is -0.294 e. The molecule has 0 radical (unpaired) electrons. The molecule has 19 heavy (non-hydrogen) atoms. The topological polar surface area (TPSA) is 17.1 Å². The number of Topliss-reactive ketones (excluding diaryl/α,β-unsaturated/α-hetero) is 1. The lowest BCUT2D eigenvalue weighted by molar-refractivity contribution is 0.0993. The van der Waals surface area contributed by atoms with E-state index in [0.717, 1.165) is 0 Å². The smallest absolute Gasteiger partial charge is 0.170 e. The van der Waals surface area contributed by atoms with Crippen molar-refractivity contribution in [3.05, 3.63) is 68.4 Å². The van der Waals surface area contributed by atoms with E-state index < -0.39 is 5.82 Å². The maximum absolute atomic E-state index is 13.3. The van der Waals surface area contributed by atoms with Crippen LogP contribution in [0.2, 0.25) is 15.1 Å². The molecule has 0 aliphatic carbocycles. The molecule has 0 heterocycles. The van der Waals surface area contributed by atoms with Crippen LogP contribution in [0.5, 0.6) is 0 Å². The van der Waals surface area contributed by atoms with Crippen molar-refractivity contribution in [1.82, 2.24) is 0 Å². The molecule has 0 N–H and O–H groups in total. The molecule has 0 atom stereocenters. The van der Waals surface area contributed by atoms with Crippen molar-refractivity contribution in [2.75, 3.05) is 0 Å². The lowest BCUT2D eigenvalue weighted by atomic mass is 10.0. The first-order valence-electron chi connectivity index (χ1n) is 5.41. The van der Waals surface area contributed by atoms with Crippen LogP contribution in [-0.4, -0.2) is 5.78 Å². The average molecular weight is 318 g/mol. The number of rotatable bonds is 3. The summed E-state index contributed by atoms with van der Waals surface area (Å²) in [5.41, 5.74) is 0.633. The summed E-state index contributed by atoms with van der Waals surface area (Å²) in [6.07, 6.45) is -0.0555. The summed E-state index contributed by atoms with van der Waals surface area (Å²) in [6.45, 7) is 0. The van der Waals surface area contributed by atoms with Crippen LogP contribution in [-0.2, 0) is 6.42 Å². The van der Waals surface area contributed by atoms with Crippen LogP contribution in [0.25, 0.3) is 0 Å². The van der Waals surface area contributed by atoms with E-state index in [2.05, 4.69) is 0 Å². The van der Waals surface area contributed by atoms with Gasteiger partial charge in [-0.3, -0.25) is 4.79 Å².